The van der Waals surface area contributed by atoms with Crippen molar-refractivity contribution in [3.8, 4) is 11.4 Å². The minimum Gasteiger partial charge on any atom is -0.493 e. The lowest BCUT2D eigenvalue weighted by atomic mass is 10.0. The van der Waals surface area contributed by atoms with Gasteiger partial charge in [0.2, 0.25) is 0 Å². The number of imidazole rings is 1. The second kappa shape index (κ2) is 16.4. The second-order valence-electron chi connectivity index (χ2n) is 11.1. The summed E-state index contributed by atoms with van der Waals surface area (Å²) in [5, 5.41) is 0. The van der Waals surface area contributed by atoms with Gasteiger partial charge in [-0.05, 0) is 45.1 Å². The molecule has 0 aliphatic heterocycles. The van der Waals surface area contributed by atoms with E-state index in [1.54, 1.807) is 25.5 Å². The van der Waals surface area contributed by atoms with Gasteiger partial charge in [0.05, 0.1) is 22.8 Å². The van der Waals surface area contributed by atoms with Crippen LogP contribution < -0.4 is 0 Å². The van der Waals surface area contributed by atoms with Crippen LogP contribution in [0.3, 0.4) is 0 Å². The normalized spacial score (nSPS) is 14.4. The minimum atomic E-state index is -4.48. The van der Waals surface area contributed by atoms with Gasteiger partial charge in [0.15, 0.2) is 5.69 Å². The molecule has 0 unspecified atom stereocenters. The highest BCUT2D eigenvalue weighted by atomic mass is 19.4. The van der Waals surface area contributed by atoms with E-state index in [0.717, 1.165) is 77.8 Å². The van der Waals surface area contributed by atoms with E-state index in [9.17, 15) is 13.2 Å². The van der Waals surface area contributed by atoms with Gasteiger partial charge in [-0.2, -0.15) is 13.2 Å². The Morgan fingerprint density at radius 3 is 2.27 bits per heavy atom. The summed E-state index contributed by atoms with van der Waals surface area (Å²) in [6, 6.07) is 7.20. The smallest absolute Gasteiger partial charge is 0.434 e. The number of allylic oxidation sites excluding steroid dienone is 3. The second-order valence-corrected chi connectivity index (χ2v) is 11.1. The first-order valence-corrected chi connectivity index (χ1v) is 15.6. The number of hydrogen-bond acceptors (Lipinski definition) is 5. The van der Waals surface area contributed by atoms with Crippen LogP contribution in [0.2, 0.25) is 0 Å². The maximum absolute atomic E-state index is 13.0. The maximum Gasteiger partial charge on any atom is 0.434 e. The van der Waals surface area contributed by atoms with Crippen LogP contribution in [0, 0.1) is 6.92 Å². The molecule has 1 aliphatic rings. The number of aliphatic imine (C=N–C) groups is 1. The van der Waals surface area contributed by atoms with Crippen LogP contribution >= 0.6 is 0 Å². The van der Waals surface area contributed by atoms with Gasteiger partial charge in [-0.25, -0.2) is 15.0 Å². The summed E-state index contributed by atoms with van der Waals surface area (Å²) in [5.74, 6) is 1.52. The van der Waals surface area contributed by atoms with Crippen LogP contribution in [0.5, 0.6) is 0 Å². The molecule has 9 heteroatoms. The molecule has 2 aromatic heterocycles. The first-order chi connectivity index (χ1) is 21.0. The quantitative estimate of drug-likeness (QED) is 0.151. The van der Waals surface area contributed by atoms with E-state index in [2.05, 4.69) is 48.7 Å². The lowest BCUT2D eigenvalue weighted by Gasteiger charge is -2.13. The molecule has 238 valence electrons. The van der Waals surface area contributed by atoms with Crippen LogP contribution in [0.25, 0.3) is 17.1 Å². The number of hydrogen-bond donors (Lipinski definition) is 0. The Kier molecular flexibility index (Phi) is 12.9. The van der Waals surface area contributed by atoms with Crippen LogP contribution in [0.15, 0.2) is 59.2 Å². The third kappa shape index (κ3) is 9.63. The highest BCUT2D eigenvalue weighted by Crippen LogP contribution is 2.42. The fourth-order valence-corrected chi connectivity index (χ4v) is 4.46. The Morgan fingerprint density at radius 1 is 1.05 bits per heavy atom. The molecule has 0 N–H and O–H groups in total. The molecule has 0 radical (unpaired) electrons. The molecule has 0 saturated heterocycles. The van der Waals surface area contributed by atoms with Gasteiger partial charge in [-0.3, -0.25) is 4.99 Å². The molecule has 0 atom stereocenters. The fraction of sp³-hybridized carbons (Fsp3) is 0.486. The summed E-state index contributed by atoms with van der Waals surface area (Å²) < 4.78 is 46.6. The molecule has 1 fully saturated rings. The predicted molar refractivity (Wildman–Crippen MR) is 172 cm³/mol. The van der Waals surface area contributed by atoms with Gasteiger partial charge >= 0.3 is 6.18 Å². The van der Waals surface area contributed by atoms with Crippen molar-refractivity contribution in [1.29, 1.82) is 0 Å². The number of ether oxygens (including phenoxy) is 1. The molecule has 2 heterocycles. The van der Waals surface area contributed by atoms with Gasteiger partial charge in [0, 0.05) is 42.1 Å². The van der Waals surface area contributed by atoms with E-state index in [1.807, 2.05) is 32.2 Å². The average molecular weight is 610 g/mol. The lowest BCUT2D eigenvalue weighted by Crippen LogP contribution is -2.04. The fourth-order valence-electron chi connectivity index (χ4n) is 4.46. The van der Waals surface area contributed by atoms with E-state index >= 15 is 0 Å². The van der Waals surface area contributed by atoms with Crippen LogP contribution in [0.1, 0.15) is 114 Å². The zero-order valence-corrected chi connectivity index (χ0v) is 27.1. The topological polar surface area (TPSA) is 65.2 Å². The Morgan fingerprint density at radius 2 is 1.73 bits per heavy atom. The van der Waals surface area contributed by atoms with Crippen molar-refractivity contribution in [2.24, 2.45) is 12.0 Å². The van der Waals surface area contributed by atoms with Crippen molar-refractivity contribution in [2.75, 3.05) is 0 Å². The molecule has 0 spiro atoms. The lowest BCUT2D eigenvalue weighted by molar-refractivity contribution is -0.140. The van der Waals surface area contributed by atoms with Gasteiger partial charge in [0.25, 0.3) is 0 Å². The maximum atomic E-state index is 13.0. The Bertz CT molecular complexity index is 1450. The number of aryl methyl sites for hydroxylation is 2. The highest BCUT2D eigenvalue weighted by molar-refractivity contribution is 5.85. The molecule has 1 aliphatic carbocycles. The molecule has 1 saturated carbocycles. The third-order valence-corrected chi connectivity index (χ3v) is 7.44. The van der Waals surface area contributed by atoms with Crippen molar-refractivity contribution < 1.29 is 17.9 Å². The Balaban J connectivity index is 0.00000124. The van der Waals surface area contributed by atoms with Gasteiger partial charge in [-0.1, -0.05) is 77.3 Å². The first kappa shape index (κ1) is 34.7. The molecular weight excluding hydrogens is 563 g/mol. The number of benzene rings is 1. The molecular formula is C35H46F3N5O. The van der Waals surface area contributed by atoms with Crippen molar-refractivity contribution >= 4 is 11.9 Å². The number of aromatic nitrogens is 4. The van der Waals surface area contributed by atoms with Crippen LogP contribution in [-0.2, 0) is 24.6 Å². The number of alkyl halides is 3. The van der Waals surface area contributed by atoms with Crippen molar-refractivity contribution in [1.82, 2.24) is 19.5 Å². The molecule has 44 heavy (non-hydrogen) atoms. The van der Waals surface area contributed by atoms with Crippen LogP contribution in [-0.4, -0.2) is 25.7 Å². The number of nitrogens with zero attached hydrogens (tertiary/aromatic N) is 5. The van der Waals surface area contributed by atoms with Crippen molar-refractivity contribution in [3.63, 3.8) is 0 Å². The standard InChI is InChI=1S/C31H36F3N5O.C4H10/c1-6-8-9-26(28-20(3)36-19-37-29(28)24-14-15-24)35-16-23(7-2)21(4)40-18-22-10-12-25(13-11-22)30-38-27(17-39(30)5)31(32,33)34;1-3-4-2/h9-13,16-17,19,24H,6-8,14-15,18H2,1-5H3;3-4H2,1-2H3/b23-21+,26-9+,35-16+;. The summed E-state index contributed by atoms with van der Waals surface area (Å²) >= 11 is 0. The molecule has 6 nitrogen and oxygen atoms in total. The van der Waals surface area contributed by atoms with Gasteiger partial charge in [0.1, 0.15) is 18.8 Å². The summed E-state index contributed by atoms with van der Waals surface area (Å²) in [5.41, 5.74) is 5.55. The van der Waals surface area contributed by atoms with Gasteiger partial charge < -0.3 is 9.30 Å². The monoisotopic (exact) mass is 609 g/mol. The Labute approximate surface area is 260 Å². The molecule has 0 bridgehead atoms. The predicted octanol–water partition coefficient (Wildman–Crippen LogP) is 10.0. The van der Waals surface area contributed by atoms with Crippen LogP contribution in [0.4, 0.5) is 13.2 Å². The number of unbranched alkanes of at least 4 members (excludes halogenated alkanes) is 2. The number of halogens is 3. The van der Waals surface area contributed by atoms with E-state index in [0.29, 0.717) is 18.1 Å². The summed E-state index contributed by atoms with van der Waals surface area (Å²) in [7, 11) is 1.55. The zero-order valence-electron chi connectivity index (χ0n) is 27.1. The summed E-state index contributed by atoms with van der Waals surface area (Å²) in [4.78, 5) is 17.7. The van der Waals surface area contributed by atoms with E-state index in [1.165, 1.54) is 17.4 Å². The minimum absolute atomic E-state index is 0.260. The molecule has 4 rings (SSSR count). The summed E-state index contributed by atoms with van der Waals surface area (Å²) in [6.45, 7) is 12.8. The Hall–Kier alpha value is -3.75. The van der Waals surface area contributed by atoms with Crippen molar-refractivity contribution in [2.45, 2.75) is 105 Å². The zero-order chi connectivity index (χ0) is 32.3. The van der Waals surface area contributed by atoms with Gasteiger partial charge in [-0.15, -0.1) is 0 Å². The highest BCUT2D eigenvalue weighted by Gasteiger charge is 2.34. The molecule has 1 aromatic carbocycles. The third-order valence-electron chi connectivity index (χ3n) is 7.44. The first-order valence-electron chi connectivity index (χ1n) is 15.6. The largest absolute Gasteiger partial charge is 0.493 e. The number of rotatable bonds is 12. The van der Waals surface area contributed by atoms with Crippen molar-refractivity contribution in [3.05, 3.63) is 82.4 Å². The van der Waals surface area contributed by atoms with E-state index < -0.39 is 11.9 Å². The SMILES string of the molecule is CCC/C=C(/N=C/C(CC)=C(\C)OCc1ccc(-c2nc(C(F)(F)F)cn2C)cc1)c1c(C)ncnc1C1CC1.CCCC. The van der Waals surface area contributed by atoms with E-state index in [-0.39, 0.29) is 5.82 Å². The average Bonchev–Trinajstić information content (AvgIpc) is 3.78. The van der Waals surface area contributed by atoms with E-state index in [4.69, 9.17) is 9.73 Å². The molecule has 0 amide bonds. The molecule has 3 aromatic rings. The summed E-state index contributed by atoms with van der Waals surface area (Å²) in [6.07, 6.45) is 9.83.